The smallest absolute Gasteiger partial charge is 0.382 e. The van der Waals surface area contributed by atoms with E-state index in [9.17, 15) is 13.2 Å². The third-order valence-corrected chi connectivity index (χ3v) is 0.903. The van der Waals surface area contributed by atoms with E-state index in [0.29, 0.717) is 0 Å². The zero-order valence-electron chi connectivity index (χ0n) is 5.01. The number of hydrogen-bond acceptors (Lipinski definition) is 5. The van der Waals surface area contributed by atoms with Crippen LogP contribution in [-0.4, -0.2) is 30.2 Å². The van der Waals surface area contributed by atoms with E-state index < -0.39 is 22.5 Å². The molecule has 0 aromatic carbocycles. The second kappa shape index (κ2) is 2.95. The first-order valence-corrected chi connectivity index (χ1v) is 3.58. The first-order chi connectivity index (χ1) is 4.33. The van der Waals surface area contributed by atoms with E-state index in [0.717, 1.165) is 6.92 Å². The normalized spacial score (nSPS) is 14.3. The van der Waals surface area contributed by atoms with E-state index in [1.807, 2.05) is 0 Å². The van der Waals surface area contributed by atoms with Gasteiger partial charge in [0, 0.05) is 0 Å². The van der Waals surface area contributed by atoms with Gasteiger partial charge in [-0.25, -0.2) is 4.79 Å². The Balaban J connectivity index is 4.07. The molecule has 0 heterocycles. The predicted molar refractivity (Wildman–Crippen MR) is 29.3 cm³/mol. The lowest BCUT2D eigenvalue weighted by molar-refractivity contribution is -0.142. The van der Waals surface area contributed by atoms with Gasteiger partial charge >= 0.3 is 16.4 Å². The maximum absolute atomic E-state index is 10.1. The molecule has 10 heavy (non-hydrogen) atoms. The average Bonchev–Trinajstić information content (AvgIpc) is 1.60. The van der Waals surface area contributed by atoms with Crippen molar-refractivity contribution in [3.63, 3.8) is 0 Å². The molecule has 60 valence electrons. The number of aliphatic hydroxyl groups is 1. The zero-order chi connectivity index (χ0) is 8.36. The first kappa shape index (κ1) is 9.34. The molecular weight excluding hydrogens is 164 g/mol. The third kappa shape index (κ3) is 4.24. The van der Waals surface area contributed by atoms with Crippen molar-refractivity contribution in [2.45, 2.75) is 13.0 Å². The maximum atomic E-state index is 10.1. The van der Waals surface area contributed by atoms with Crippen LogP contribution in [0.3, 0.4) is 0 Å². The van der Waals surface area contributed by atoms with Gasteiger partial charge in [0.2, 0.25) is 0 Å². The Morgan fingerprint density at radius 3 is 2.10 bits per heavy atom. The molecule has 0 aromatic heterocycles. The Kier molecular flexibility index (Phi) is 2.76. The molecule has 0 saturated carbocycles. The molecule has 1 atom stereocenters. The quantitative estimate of drug-likeness (QED) is 0.500. The molecule has 0 bridgehead atoms. The van der Waals surface area contributed by atoms with Gasteiger partial charge < -0.3 is 9.29 Å². The van der Waals surface area contributed by atoms with Gasteiger partial charge in [0.05, 0.1) is 0 Å². The van der Waals surface area contributed by atoms with Gasteiger partial charge in [0.15, 0.2) is 0 Å². The molecule has 0 aliphatic carbocycles. The first-order valence-electron chi connectivity index (χ1n) is 2.22. The Bertz CT molecular complexity index is 213. The van der Waals surface area contributed by atoms with Crippen LogP contribution in [-0.2, 0) is 19.4 Å². The summed E-state index contributed by atoms with van der Waals surface area (Å²) in [6, 6.07) is 0. The summed E-state index contributed by atoms with van der Waals surface area (Å²) >= 11 is 0. The van der Waals surface area contributed by atoms with Gasteiger partial charge in [-0.3, -0.25) is 4.55 Å². The van der Waals surface area contributed by atoms with Crippen molar-refractivity contribution in [1.29, 1.82) is 0 Å². The Hall–Kier alpha value is -0.660. The molecule has 0 amide bonds. The summed E-state index contributed by atoms with van der Waals surface area (Å²) in [6.07, 6.45) is -1.57. The van der Waals surface area contributed by atoms with Crippen molar-refractivity contribution in [2.75, 3.05) is 0 Å². The van der Waals surface area contributed by atoms with E-state index in [2.05, 4.69) is 4.18 Å². The fourth-order valence-electron chi connectivity index (χ4n) is 0.173. The molecule has 0 aliphatic heterocycles. The lowest BCUT2D eigenvalue weighted by atomic mass is 10.4. The highest BCUT2D eigenvalue weighted by molar-refractivity contribution is 7.81. The summed E-state index contributed by atoms with van der Waals surface area (Å²) in [5, 5.41) is 8.33. The molecular formula is C3H6O6S. The third-order valence-electron chi connectivity index (χ3n) is 0.529. The molecule has 0 fully saturated rings. The largest absolute Gasteiger partial charge is 0.449 e. The van der Waals surface area contributed by atoms with Crippen molar-refractivity contribution in [3.8, 4) is 0 Å². The highest BCUT2D eigenvalue weighted by Gasteiger charge is 2.17. The molecule has 0 rings (SSSR count). The monoisotopic (exact) mass is 170 g/mol. The van der Waals surface area contributed by atoms with Crippen molar-refractivity contribution in [3.05, 3.63) is 0 Å². The minimum absolute atomic E-state index is 1.01. The molecule has 0 spiro atoms. The fourth-order valence-corrected chi connectivity index (χ4v) is 0.520. The van der Waals surface area contributed by atoms with E-state index in [4.69, 9.17) is 9.66 Å². The number of hydrogen-bond donors (Lipinski definition) is 2. The zero-order valence-corrected chi connectivity index (χ0v) is 5.83. The van der Waals surface area contributed by atoms with E-state index in [-0.39, 0.29) is 0 Å². The summed E-state index contributed by atoms with van der Waals surface area (Å²) in [6.45, 7) is 1.01. The van der Waals surface area contributed by atoms with E-state index in [1.54, 1.807) is 0 Å². The summed E-state index contributed by atoms with van der Waals surface area (Å²) < 4.78 is 30.7. The fraction of sp³-hybridized carbons (Fsp3) is 0.667. The molecule has 7 heteroatoms. The Morgan fingerprint density at radius 2 is 2.00 bits per heavy atom. The topological polar surface area (TPSA) is 101 Å². The summed E-state index contributed by atoms with van der Waals surface area (Å²) in [7, 11) is -4.78. The molecule has 0 radical (unpaired) electrons. The van der Waals surface area contributed by atoms with Crippen LogP contribution < -0.4 is 0 Å². The van der Waals surface area contributed by atoms with Crippen LogP contribution in [0, 0.1) is 0 Å². The van der Waals surface area contributed by atoms with E-state index >= 15 is 0 Å². The summed E-state index contributed by atoms with van der Waals surface area (Å²) in [5.74, 6) is -1.41. The molecule has 0 aliphatic rings. The standard InChI is InChI=1S/C3H6O6S/c1-2(4)3(5)9-10(6,7)8/h2,4H,1H3,(H,6,7,8). The van der Waals surface area contributed by atoms with E-state index in [1.165, 1.54) is 0 Å². The second-order valence-electron chi connectivity index (χ2n) is 1.51. The Morgan fingerprint density at radius 1 is 1.60 bits per heavy atom. The highest BCUT2D eigenvalue weighted by atomic mass is 32.3. The number of rotatable bonds is 2. The van der Waals surface area contributed by atoms with Crippen LogP contribution in [0.5, 0.6) is 0 Å². The van der Waals surface area contributed by atoms with Gasteiger partial charge in [0.1, 0.15) is 6.10 Å². The molecule has 6 nitrogen and oxygen atoms in total. The number of carbonyl (C=O) groups excluding carboxylic acids is 1. The van der Waals surface area contributed by atoms with Gasteiger partial charge in [-0.1, -0.05) is 0 Å². The van der Waals surface area contributed by atoms with Crippen molar-refractivity contribution in [1.82, 2.24) is 0 Å². The van der Waals surface area contributed by atoms with Crippen molar-refractivity contribution in [2.24, 2.45) is 0 Å². The average molecular weight is 170 g/mol. The SMILES string of the molecule is CC(O)C(=O)OS(=O)(=O)O. The second-order valence-corrected chi connectivity index (χ2v) is 2.53. The number of carbonyl (C=O) groups is 1. The van der Waals surface area contributed by atoms with Crippen LogP contribution in [0.2, 0.25) is 0 Å². The number of aliphatic hydroxyl groups excluding tert-OH is 1. The van der Waals surface area contributed by atoms with Gasteiger partial charge in [-0.15, -0.1) is 0 Å². The van der Waals surface area contributed by atoms with Gasteiger partial charge in [-0.2, -0.15) is 8.42 Å². The predicted octanol–water partition coefficient (Wildman–Crippen LogP) is -1.29. The lowest BCUT2D eigenvalue weighted by Gasteiger charge is -2.00. The van der Waals surface area contributed by atoms with Gasteiger partial charge in [-0.05, 0) is 6.92 Å². The molecule has 1 unspecified atom stereocenters. The van der Waals surface area contributed by atoms with Crippen molar-refractivity contribution < 1.29 is 27.1 Å². The summed E-state index contributed by atoms with van der Waals surface area (Å²) in [5.41, 5.74) is 0. The maximum Gasteiger partial charge on any atom is 0.449 e. The Labute approximate surface area is 57.4 Å². The van der Waals surface area contributed by atoms with Crippen LogP contribution in [0.25, 0.3) is 0 Å². The molecule has 0 saturated heterocycles. The lowest BCUT2D eigenvalue weighted by Crippen LogP contribution is -2.22. The molecule has 2 N–H and O–H groups in total. The van der Waals surface area contributed by atoms with Crippen LogP contribution >= 0.6 is 0 Å². The van der Waals surface area contributed by atoms with Crippen LogP contribution in [0.1, 0.15) is 6.92 Å². The minimum atomic E-state index is -4.78. The minimum Gasteiger partial charge on any atom is -0.382 e. The molecule has 0 aromatic rings. The van der Waals surface area contributed by atoms with Crippen molar-refractivity contribution >= 4 is 16.4 Å². The van der Waals surface area contributed by atoms with Crippen LogP contribution in [0.4, 0.5) is 0 Å². The van der Waals surface area contributed by atoms with Gasteiger partial charge in [0.25, 0.3) is 0 Å². The van der Waals surface area contributed by atoms with Crippen LogP contribution in [0.15, 0.2) is 0 Å². The highest BCUT2D eigenvalue weighted by Crippen LogP contribution is 1.91. The summed E-state index contributed by atoms with van der Waals surface area (Å²) in [4.78, 5) is 10.1.